The molecule has 9 nitrogen and oxygen atoms in total. The van der Waals surface area contributed by atoms with Gasteiger partial charge in [-0.25, -0.2) is 12.7 Å². The first-order chi connectivity index (χ1) is 11.3. The van der Waals surface area contributed by atoms with Crippen molar-refractivity contribution in [1.29, 1.82) is 0 Å². The molecule has 0 saturated heterocycles. The third-order valence-electron chi connectivity index (χ3n) is 3.15. The second-order valence-corrected chi connectivity index (χ2v) is 7.92. The molecule has 130 valence electrons. The number of nitrogen functional groups attached to an aromatic ring is 1. The quantitative estimate of drug-likeness (QED) is 0.709. The minimum absolute atomic E-state index is 0.0350. The van der Waals surface area contributed by atoms with E-state index in [4.69, 9.17) is 5.73 Å². The van der Waals surface area contributed by atoms with Gasteiger partial charge >= 0.3 is 0 Å². The summed E-state index contributed by atoms with van der Waals surface area (Å²) in [6.07, 6.45) is 1.81. The van der Waals surface area contributed by atoms with Gasteiger partial charge in [0.15, 0.2) is 5.16 Å². The highest BCUT2D eigenvalue weighted by Crippen LogP contribution is 2.18. The van der Waals surface area contributed by atoms with Crippen molar-refractivity contribution in [2.75, 3.05) is 31.4 Å². The number of rotatable bonds is 6. The number of thioether (sulfide) groups is 1. The standard InChI is InChI=1S/C13H18N6O3S2/c1-18(2)24(21,22)10-6-4-9(5-7-10)15-11(20)8-19-12(14)16-17-13(19)23-3/h4-7H,8H2,1-3H3,(H2,14,16)(H,15,20). The summed E-state index contributed by atoms with van der Waals surface area (Å²) in [5, 5.41) is 10.8. The van der Waals surface area contributed by atoms with E-state index >= 15 is 0 Å². The molecule has 1 heterocycles. The Kier molecular flexibility index (Phi) is 5.47. The fourth-order valence-electron chi connectivity index (χ4n) is 1.86. The first-order valence-corrected chi connectivity index (χ1v) is 9.47. The highest BCUT2D eigenvalue weighted by molar-refractivity contribution is 7.98. The summed E-state index contributed by atoms with van der Waals surface area (Å²) in [7, 11) is -0.585. The summed E-state index contributed by atoms with van der Waals surface area (Å²) in [5.74, 6) is -0.165. The molecule has 0 fully saturated rings. The lowest BCUT2D eigenvalue weighted by atomic mass is 10.3. The lowest BCUT2D eigenvalue weighted by Gasteiger charge is -2.12. The molecule has 0 bridgehead atoms. The van der Waals surface area contributed by atoms with Gasteiger partial charge in [-0.05, 0) is 30.5 Å². The molecule has 24 heavy (non-hydrogen) atoms. The molecule has 1 aromatic heterocycles. The van der Waals surface area contributed by atoms with E-state index in [1.54, 1.807) is 0 Å². The van der Waals surface area contributed by atoms with Crippen molar-refractivity contribution in [1.82, 2.24) is 19.1 Å². The maximum Gasteiger partial charge on any atom is 0.244 e. The van der Waals surface area contributed by atoms with Crippen LogP contribution in [0.5, 0.6) is 0 Å². The number of amides is 1. The number of carbonyl (C=O) groups is 1. The van der Waals surface area contributed by atoms with E-state index in [1.165, 1.54) is 54.7 Å². The maximum absolute atomic E-state index is 12.1. The molecular formula is C13H18N6O3S2. The number of nitrogens with zero attached hydrogens (tertiary/aromatic N) is 4. The van der Waals surface area contributed by atoms with E-state index in [2.05, 4.69) is 15.5 Å². The van der Waals surface area contributed by atoms with E-state index in [1.807, 2.05) is 6.26 Å². The van der Waals surface area contributed by atoms with Gasteiger partial charge in [0.1, 0.15) is 6.54 Å². The third-order valence-corrected chi connectivity index (χ3v) is 5.64. The number of aromatic nitrogens is 3. The number of nitrogens with two attached hydrogens (primary N) is 1. The fraction of sp³-hybridized carbons (Fsp3) is 0.308. The summed E-state index contributed by atoms with van der Waals surface area (Å²) in [6.45, 7) is -0.0350. The van der Waals surface area contributed by atoms with Crippen LogP contribution in [0.25, 0.3) is 0 Å². The molecule has 0 aliphatic carbocycles. The van der Waals surface area contributed by atoms with Crippen molar-refractivity contribution in [3.8, 4) is 0 Å². The van der Waals surface area contributed by atoms with Crippen LogP contribution >= 0.6 is 11.8 Å². The van der Waals surface area contributed by atoms with Gasteiger partial charge in [-0.3, -0.25) is 9.36 Å². The number of hydrogen-bond acceptors (Lipinski definition) is 7. The average Bonchev–Trinajstić information content (AvgIpc) is 2.88. The van der Waals surface area contributed by atoms with Gasteiger partial charge < -0.3 is 11.1 Å². The van der Waals surface area contributed by atoms with Crippen molar-refractivity contribution in [3.05, 3.63) is 24.3 Å². The molecule has 0 aliphatic heterocycles. The second kappa shape index (κ2) is 7.20. The Hall–Kier alpha value is -2.11. The summed E-state index contributed by atoms with van der Waals surface area (Å²) in [6, 6.07) is 5.93. The highest BCUT2D eigenvalue weighted by Gasteiger charge is 2.17. The minimum Gasteiger partial charge on any atom is -0.368 e. The molecule has 0 radical (unpaired) electrons. The van der Waals surface area contributed by atoms with Crippen LogP contribution in [0.15, 0.2) is 34.3 Å². The van der Waals surface area contributed by atoms with Gasteiger partial charge in [-0.1, -0.05) is 11.8 Å². The molecule has 0 aliphatic rings. The van der Waals surface area contributed by atoms with Gasteiger partial charge in [0, 0.05) is 19.8 Å². The molecule has 1 aromatic carbocycles. The first kappa shape index (κ1) is 18.2. The predicted molar refractivity (Wildman–Crippen MR) is 92.2 cm³/mol. The van der Waals surface area contributed by atoms with Crippen molar-refractivity contribution < 1.29 is 13.2 Å². The normalized spacial score (nSPS) is 11.7. The molecule has 3 N–H and O–H groups in total. The first-order valence-electron chi connectivity index (χ1n) is 6.81. The van der Waals surface area contributed by atoms with E-state index in [0.29, 0.717) is 10.8 Å². The van der Waals surface area contributed by atoms with Crippen molar-refractivity contribution in [2.45, 2.75) is 16.6 Å². The molecule has 1 amide bonds. The lowest BCUT2D eigenvalue weighted by molar-refractivity contribution is -0.116. The number of anilines is 2. The fourth-order valence-corrected chi connectivity index (χ4v) is 3.27. The van der Waals surface area contributed by atoms with E-state index < -0.39 is 10.0 Å². The van der Waals surface area contributed by atoms with Crippen LogP contribution in [0.3, 0.4) is 0 Å². The number of sulfonamides is 1. The zero-order chi connectivity index (χ0) is 17.9. The number of nitrogens with one attached hydrogen (secondary N) is 1. The van der Waals surface area contributed by atoms with E-state index in [9.17, 15) is 13.2 Å². The topological polar surface area (TPSA) is 123 Å². The molecule has 0 spiro atoms. The monoisotopic (exact) mass is 370 g/mol. The number of hydrogen-bond donors (Lipinski definition) is 2. The molecule has 0 atom stereocenters. The smallest absolute Gasteiger partial charge is 0.244 e. The zero-order valence-electron chi connectivity index (χ0n) is 13.4. The van der Waals surface area contributed by atoms with Crippen molar-refractivity contribution in [2.24, 2.45) is 0 Å². The summed E-state index contributed by atoms with van der Waals surface area (Å²) in [5.41, 5.74) is 6.16. The molecule has 0 saturated carbocycles. The average molecular weight is 370 g/mol. The Morgan fingerprint density at radius 3 is 2.46 bits per heavy atom. The van der Waals surface area contributed by atoms with Crippen LogP contribution < -0.4 is 11.1 Å². The van der Waals surface area contributed by atoms with Gasteiger partial charge in [0.25, 0.3) is 0 Å². The Morgan fingerprint density at radius 2 is 1.92 bits per heavy atom. The zero-order valence-corrected chi connectivity index (χ0v) is 15.1. The van der Waals surface area contributed by atoms with Gasteiger partial charge in [-0.15, -0.1) is 10.2 Å². The molecule has 0 unspecified atom stereocenters. The number of carbonyl (C=O) groups excluding carboxylic acids is 1. The van der Waals surface area contributed by atoms with Crippen LogP contribution in [-0.4, -0.2) is 53.7 Å². The highest BCUT2D eigenvalue weighted by atomic mass is 32.2. The van der Waals surface area contributed by atoms with Crippen LogP contribution in [0, 0.1) is 0 Å². The Morgan fingerprint density at radius 1 is 1.29 bits per heavy atom. The Balaban J connectivity index is 2.09. The van der Waals surface area contributed by atoms with Crippen LogP contribution in [-0.2, 0) is 21.4 Å². The molecule has 2 aromatic rings. The largest absolute Gasteiger partial charge is 0.368 e. The van der Waals surface area contributed by atoms with Crippen LogP contribution in [0.2, 0.25) is 0 Å². The minimum atomic E-state index is -3.50. The van der Waals surface area contributed by atoms with Crippen LogP contribution in [0.4, 0.5) is 11.6 Å². The summed E-state index contributed by atoms with van der Waals surface area (Å²) < 4.78 is 26.6. The Bertz CT molecular complexity index is 830. The lowest BCUT2D eigenvalue weighted by Crippen LogP contribution is -2.22. The van der Waals surface area contributed by atoms with Crippen molar-refractivity contribution in [3.63, 3.8) is 0 Å². The van der Waals surface area contributed by atoms with Crippen LogP contribution in [0.1, 0.15) is 0 Å². The Labute approximate surface area is 144 Å². The molecule has 11 heteroatoms. The van der Waals surface area contributed by atoms with Gasteiger partial charge in [0.05, 0.1) is 4.90 Å². The van der Waals surface area contributed by atoms with Gasteiger partial charge in [-0.2, -0.15) is 0 Å². The van der Waals surface area contributed by atoms with Crippen molar-refractivity contribution >= 4 is 39.3 Å². The van der Waals surface area contributed by atoms with E-state index in [-0.39, 0.29) is 23.3 Å². The summed E-state index contributed by atoms with van der Waals surface area (Å²) >= 11 is 1.33. The summed E-state index contributed by atoms with van der Waals surface area (Å²) in [4.78, 5) is 12.3. The maximum atomic E-state index is 12.1. The second-order valence-electron chi connectivity index (χ2n) is 4.99. The SMILES string of the molecule is CSc1nnc(N)n1CC(=O)Nc1ccc(S(=O)(=O)N(C)C)cc1. The van der Waals surface area contributed by atoms with E-state index in [0.717, 1.165) is 4.31 Å². The van der Waals surface area contributed by atoms with Gasteiger partial charge in [0.2, 0.25) is 21.9 Å². The molecule has 2 rings (SSSR count). The number of benzene rings is 1. The molecular weight excluding hydrogens is 352 g/mol. The third kappa shape index (κ3) is 3.86. The predicted octanol–water partition coefficient (Wildman–Crippen LogP) is 0.471.